The van der Waals surface area contributed by atoms with Crippen molar-refractivity contribution in [3.05, 3.63) is 82.7 Å². The average molecular weight is 498 g/mol. The lowest BCUT2D eigenvalue weighted by molar-refractivity contribution is -0.152. The zero-order chi connectivity index (χ0) is 24.8. The first-order valence-corrected chi connectivity index (χ1v) is 11.7. The topological polar surface area (TPSA) is 85.1 Å². The van der Waals surface area contributed by atoms with Crippen LogP contribution in [0.25, 0.3) is 0 Å². The van der Waals surface area contributed by atoms with Gasteiger partial charge in [0.05, 0.1) is 25.8 Å². The Hall–Kier alpha value is -3.36. The molecule has 2 heterocycles. The summed E-state index contributed by atoms with van der Waals surface area (Å²) in [5.74, 6) is 0.723. The fraction of sp³-hybridized carbons (Fsp3) is 0.346. The van der Waals surface area contributed by atoms with Crippen molar-refractivity contribution < 1.29 is 23.6 Å². The van der Waals surface area contributed by atoms with E-state index in [4.69, 9.17) is 25.6 Å². The molecule has 0 bridgehead atoms. The lowest BCUT2D eigenvalue weighted by atomic mass is 9.96. The molecule has 8 nitrogen and oxygen atoms in total. The van der Waals surface area contributed by atoms with Gasteiger partial charge in [-0.25, -0.2) is 0 Å². The number of nitrogens with zero attached hydrogens (tertiary/aromatic N) is 3. The maximum atomic E-state index is 13.3. The number of carbonyl (C=O) groups is 2. The average Bonchev–Trinajstić information content (AvgIpc) is 3.29. The van der Waals surface area contributed by atoms with Crippen molar-refractivity contribution >= 4 is 23.4 Å². The molecule has 3 aromatic rings. The Morgan fingerprint density at radius 1 is 1.17 bits per heavy atom. The van der Waals surface area contributed by atoms with Gasteiger partial charge in [-0.15, -0.1) is 0 Å². The van der Waals surface area contributed by atoms with Crippen LogP contribution in [0.1, 0.15) is 28.1 Å². The fourth-order valence-electron chi connectivity index (χ4n) is 4.04. The minimum atomic E-state index is -1.03. The minimum Gasteiger partial charge on any atom is -0.490 e. The molecule has 2 amide bonds. The van der Waals surface area contributed by atoms with Crippen LogP contribution < -0.4 is 4.74 Å². The van der Waals surface area contributed by atoms with Crippen LogP contribution in [0.5, 0.6) is 5.75 Å². The Balaban J connectivity index is 1.52. The van der Waals surface area contributed by atoms with Gasteiger partial charge in [0.2, 0.25) is 5.91 Å². The van der Waals surface area contributed by atoms with Gasteiger partial charge < -0.3 is 23.8 Å². The number of benzene rings is 2. The summed E-state index contributed by atoms with van der Waals surface area (Å²) in [6.07, 6.45) is 1.47. The molecule has 0 unspecified atom stereocenters. The second-order valence-corrected chi connectivity index (χ2v) is 9.15. The summed E-state index contributed by atoms with van der Waals surface area (Å²) < 4.78 is 17.3. The minimum absolute atomic E-state index is 0.0519. The van der Waals surface area contributed by atoms with Gasteiger partial charge in [0.15, 0.2) is 0 Å². The normalized spacial score (nSPS) is 17.7. The van der Waals surface area contributed by atoms with Crippen molar-refractivity contribution in [3.8, 4) is 5.75 Å². The lowest BCUT2D eigenvalue weighted by Crippen LogP contribution is -2.58. The predicted molar refractivity (Wildman–Crippen MR) is 130 cm³/mol. The van der Waals surface area contributed by atoms with Crippen LogP contribution in [0.15, 0.2) is 65.3 Å². The summed E-state index contributed by atoms with van der Waals surface area (Å²) in [6, 6.07) is 16.7. The van der Waals surface area contributed by atoms with E-state index in [0.29, 0.717) is 35.2 Å². The molecule has 0 spiro atoms. The molecular formula is C26H28ClN3O5. The molecule has 1 saturated heterocycles. The first-order chi connectivity index (χ1) is 16.8. The number of aryl methyl sites for hydroxylation is 1. The van der Waals surface area contributed by atoms with Gasteiger partial charge in [-0.1, -0.05) is 47.1 Å². The third kappa shape index (κ3) is 6.21. The second kappa shape index (κ2) is 10.9. The van der Waals surface area contributed by atoms with Gasteiger partial charge in [0.1, 0.15) is 29.3 Å². The molecular weight excluding hydrogens is 470 g/mol. The highest BCUT2D eigenvalue weighted by molar-refractivity contribution is 6.30. The van der Waals surface area contributed by atoms with Gasteiger partial charge >= 0.3 is 0 Å². The van der Waals surface area contributed by atoms with E-state index < -0.39 is 5.60 Å². The van der Waals surface area contributed by atoms with Crippen LogP contribution >= 0.6 is 11.6 Å². The van der Waals surface area contributed by atoms with Crippen LogP contribution in [-0.2, 0) is 16.1 Å². The van der Waals surface area contributed by atoms with E-state index in [-0.39, 0.29) is 38.0 Å². The summed E-state index contributed by atoms with van der Waals surface area (Å²) in [7, 11) is 1.76. The SMILES string of the molecule is Cc1oncc1C(=O)N1CCO[C@](COc2ccc(Cl)cc2)(CC(=O)N(C)Cc2ccccc2)C1. The fourth-order valence-corrected chi connectivity index (χ4v) is 4.17. The number of carbonyl (C=O) groups excluding carboxylic acids is 2. The number of amides is 2. The molecule has 1 aliphatic rings. The molecule has 1 aromatic heterocycles. The van der Waals surface area contributed by atoms with Crippen molar-refractivity contribution in [2.75, 3.05) is 33.4 Å². The molecule has 0 N–H and O–H groups in total. The summed E-state index contributed by atoms with van der Waals surface area (Å²) in [5, 5.41) is 4.32. The lowest BCUT2D eigenvalue weighted by Gasteiger charge is -2.42. The second-order valence-electron chi connectivity index (χ2n) is 8.71. The number of hydrogen-bond acceptors (Lipinski definition) is 6. The molecule has 0 saturated carbocycles. The molecule has 1 fully saturated rings. The first kappa shape index (κ1) is 24.8. The number of halogens is 1. The van der Waals surface area contributed by atoms with Gasteiger partial charge in [-0.2, -0.15) is 0 Å². The third-order valence-electron chi connectivity index (χ3n) is 5.99. The van der Waals surface area contributed by atoms with Crippen molar-refractivity contribution in [2.45, 2.75) is 25.5 Å². The largest absolute Gasteiger partial charge is 0.490 e. The maximum absolute atomic E-state index is 13.3. The Morgan fingerprint density at radius 2 is 1.91 bits per heavy atom. The van der Waals surface area contributed by atoms with Gasteiger partial charge in [-0.05, 0) is 36.8 Å². The number of rotatable bonds is 8. The van der Waals surface area contributed by atoms with Crippen molar-refractivity contribution in [1.29, 1.82) is 0 Å². The summed E-state index contributed by atoms with van der Waals surface area (Å²) in [4.78, 5) is 29.8. The van der Waals surface area contributed by atoms with E-state index in [1.54, 1.807) is 48.0 Å². The van der Waals surface area contributed by atoms with Crippen LogP contribution in [0.2, 0.25) is 5.02 Å². The Morgan fingerprint density at radius 3 is 2.60 bits per heavy atom. The van der Waals surface area contributed by atoms with Crippen LogP contribution in [0, 0.1) is 6.92 Å². The van der Waals surface area contributed by atoms with E-state index >= 15 is 0 Å². The smallest absolute Gasteiger partial charge is 0.259 e. The van der Waals surface area contributed by atoms with Gasteiger partial charge in [0.25, 0.3) is 5.91 Å². The monoisotopic (exact) mass is 497 g/mol. The summed E-state index contributed by atoms with van der Waals surface area (Å²) >= 11 is 5.99. The van der Waals surface area contributed by atoms with E-state index in [0.717, 1.165) is 5.56 Å². The highest BCUT2D eigenvalue weighted by atomic mass is 35.5. The zero-order valence-corrected chi connectivity index (χ0v) is 20.5. The quantitative estimate of drug-likeness (QED) is 0.468. The summed E-state index contributed by atoms with van der Waals surface area (Å²) in [5.41, 5.74) is 0.395. The zero-order valence-electron chi connectivity index (χ0n) is 19.8. The van der Waals surface area contributed by atoms with Gasteiger partial charge in [-0.3, -0.25) is 9.59 Å². The highest BCUT2D eigenvalue weighted by Crippen LogP contribution is 2.27. The first-order valence-electron chi connectivity index (χ1n) is 11.4. The van der Waals surface area contributed by atoms with Crippen molar-refractivity contribution in [1.82, 2.24) is 15.0 Å². The molecule has 0 aliphatic carbocycles. The van der Waals surface area contributed by atoms with Gasteiger partial charge in [0, 0.05) is 25.2 Å². The predicted octanol–water partition coefficient (Wildman–Crippen LogP) is 3.98. The molecule has 4 rings (SSSR count). The van der Waals surface area contributed by atoms with Crippen LogP contribution in [0.4, 0.5) is 0 Å². The van der Waals surface area contributed by atoms with E-state index in [1.165, 1.54) is 6.20 Å². The number of ether oxygens (including phenoxy) is 2. The van der Waals surface area contributed by atoms with E-state index in [9.17, 15) is 9.59 Å². The molecule has 184 valence electrons. The number of aromatic nitrogens is 1. The van der Waals surface area contributed by atoms with Crippen molar-refractivity contribution in [3.63, 3.8) is 0 Å². The summed E-state index contributed by atoms with van der Waals surface area (Å²) in [6.45, 7) is 3.10. The number of morpholine rings is 1. The Labute approximate surface area is 209 Å². The van der Waals surface area contributed by atoms with E-state index in [2.05, 4.69) is 5.16 Å². The third-order valence-corrected chi connectivity index (χ3v) is 6.25. The molecule has 1 atom stereocenters. The Bertz CT molecular complexity index is 1150. The molecule has 0 radical (unpaired) electrons. The Kier molecular flexibility index (Phi) is 7.73. The van der Waals surface area contributed by atoms with Crippen LogP contribution in [0.3, 0.4) is 0 Å². The van der Waals surface area contributed by atoms with Crippen molar-refractivity contribution in [2.24, 2.45) is 0 Å². The maximum Gasteiger partial charge on any atom is 0.259 e. The van der Waals surface area contributed by atoms with E-state index in [1.807, 2.05) is 30.3 Å². The molecule has 35 heavy (non-hydrogen) atoms. The molecule has 9 heteroatoms. The molecule has 1 aliphatic heterocycles. The van der Waals surface area contributed by atoms with Crippen LogP contribution in [-0.4, -0.2) is 65.7 Å². The number of hydrogen-bond donors (Lipinski definition) is 0. The standard InChI is InChI=1S/C26H28ClN3O5/c1-19-23(15-28-35-19)25(32)30-12-13-34-26(17-30,18-33-22-10-8-21(27)9-11-22)14-24(31)29(2)16-20-6-4-3-5-7-20/h3-11,15H,12-14,16-18H2,1-2H3/t26-/m1/s1. The molecule has 2 aromatic carbocycles. The highest BCUT2D eigenvalue weighted by Gasteiger charge is 2.42.